The summed E-state index contributed by atoms with van der Waals surface area (Å²) >= 11 is 1.04. The van der Waals surface area contributed by atoms with Gasteiger partial charge in [-0.1, -0.05) is 6.07 Å². The maximum atomic E-state index is 12.2. The minimum atomic E-state index is -1.75. The Morgan fingerprint density at radius 3 is 2.56 bits per heavy atom. The summed E-state index contributed by atoms with van der Waals surface area (Å²) in [5.74, 6) is -1.96. The maximum Gasteiger partial charge on any atom is 0.465 e. The lowest BCUT2D eigenvalue weighted by Gasteiger charge is -2.27. The Morgan fingerprint density at radius 1 is 1.33 bits per heavy atom. The molecule has 1 fully saturated rings. The number of nitrogens with zero attached hydrogens (tertiary/aromatic N) is 1. The maximum absolute atomic E-state index is 12.2. The molecule has 1 atom stereocenters. The molecular weight excluding hydrogens is 377 g/mol. The second-order valence-electron chi connectivity index (χ2n) is 5.92. The molecule has 0 spiro atoms. The Hall–Kier alpha value is -1.95. The normalized spacial score (nSPS) is 15.3. The number of thioether (sulfide) groups is 1. The second-order valence-corrected chi connectivity index (χ2v) is 7.14. The molecule has 0 aliphatic carbocycles. The zero-order valence-electron chi connectivity index (χ0n) is 14.8. The SMILES string of the molecule is COc1ccc(C[C@H](SCC(=O)N2CCOCC2)B(O)O)c(O)c1C(=O)O. The van der Waals surface area contributed by atoms with Gasteiger partial charge in [0.05, 0.1) is 26.1 Å². The Bertz CT molecular complexity index is 681. The number of carboxylic acid groups (broad SMARTS) is 1. The van der Waals surface area contributed by atoms with Crippen molar-refractivity contribution in [3.8, 4) is 11.5 Å². The summed E-state index contributed by atoms with van der Waals surface area (Å²) < 4.78 is 10.1. The Balaban J connectivity index is 2.08. The van der Waals surface area contributed by atoms with Crippen molar-refractivity contribution >= 4 is 30.8 Å². The number of benzene rings is 1. The highest BCUT2D eigenvalue weighted by Gasteiger charge is 2.29. The van der Waals surface area contributed by atoms with Crippen molar-refractivity contribution in [2.24, 2.45) is 0 Å². The van der Waals surface area contributed by atoms with Crippen LogP contribution in [0.25, 0.3) is 0 Å². The molecule has 1 heterocycles. The van der Waals surface area contributed by atoms with E-state index < -0.39 is 29.5 Å². The quantitative estimate of drug-likeness (QED) is 0.431. The minimum Gasteiger partial charge on any atom is -0.507 e. The van der Waals surface area contributed by atoms with Crippen LogP contribution in [-0.4, -0.2) is 88.5 Å². The van der Waals surface area contributed by atoms with E-state index in [4.69, 9.17) is 9.47 Å². The molecule has 148 valence electrons. The summed E-state index contributed by atoms with van der Waals surface area (Å²) in [5.41, 5.74) is -0.173. The molecule has 0 bridgehead atoms. The molecule has 27 heavy (non-hydrogen) atoms. The van der Waals surface area contributed by atoms with Crippen molar-refractivity contribution in [2.75, 3.05) is 39.2 Å². The topological polar surface area (TPSA) is 137 Å². The molecular formula is C16H22BNO8S. The average molecular weight is 399 g/mol. The lowest BCUT2D eigenvalue weighted by molar-refractivity contribution is -0.132. The van der Waals surface area contributed by atoms with Crippen molar-refractivity contribution in [3.63, 3.8) is 0 Å². The van der Waals surface area contributed by atoms with Gasteiger partial charge in [-0.15, -0.1) is 0 Å². The fraction of sp³-hybridized carbons (Fsp3) is 0.500. The monoisotopic (exact) mass is 399 g/mol. The van der Waals surface area contributed by atoms with Crippen LogP contribution in [0, 0.1) is 0 Å². The van der Waals surface area contributed by atoms with Gasteiger partial charge in [-0.2, -0.15) is 11.8 Å². The Labute approximate surface area is 161 Å². The van der Waals surface area contributed by atoms with Crippen LogP contribution in [0.15, 0.2) is 12.1 Å². The highest BCUT2D eigenvalue weighted by Crippen LogP contribution is 2.33. The number of aromatic carboxylic acids is 1. The number of carbonyl (C=O) groups excluding carboxylic acids is 1. The van der Waals surface area contributed by atoms with Gasteiger partial charge >= 0.3 is 13.1 Å². The van der Waals surface area contributed by atoms with Gasteiger partial charge in [0.25, 0.3) is 0 Å². The van der Waals surface area contributed by atoms with E-state index in [-0.39, 0.29) is 29.4 Å². The summed E-state index contributed by atoms with van der Waals surface area (Å²) in [6.07, 6.45) is -0.0329. The molecule has 1 aliphatic rings. The van der Waals surface area contributed by atoms with Crippen LogP contribution in [0.3, 0.4) is 0 Å². The third-order valence-corrected chi connectivity index (χ3v) is 5.45. The largest absolute Gasteiger partial charge is 0.507 e. The smallest absolute Gasteiger partial charge is 0.465 e. The Kier molecular flexibility index (Phi) is 7.78. The van der Waals surface area contributed by atoms with Crippen LogP contribution in [0.4, 0.5) is 0 Å². The molecule has 1 aromatic rings. The van der Waals surface area contributed by atoms with E-state index in [9.17, 15) is 29.9 Å². The fourth-order valence-corrected chi connectivity index (χ4v) is 3.72. The number of rotatable bonds is 8. The number of hydrogen-bond donors (Lipinski definition) is 4. The van der Waals surface area contributed by atoms with Gasteiger partial charge in [0.15, 0.2) is 0 Å². The number of aromatic hydroxyl groups is 1. The van der Waals surface area contributed by atoms with Gasteiger partial charge in [0, 0.05) is 18.2 Å². The highest BCUT2D eigenvalue weighted by molar-refractivity contribution is 8.01. The number of ether oxygens (including phenoxy) is 2. The Morgan fingerprint density at radius 2 is 2.00 bits per heavy atom. The van der Waals surface area contributed by atoms with E-state index in [0.717, 1.165) is 11.8 Å². The zero-order valence-corrected chi connectivity index (χ0v) is 15.6. The van der Waals surface area contributed by atoms with Gasteiger partial charge in [0.2, 0.25) is 5.91 Å². The average Bonchev–Trinajstić information content (AvgIpc) is 2.65. The van der Waals surface area contributed by atoms with Crippen LogP contribution in [-0.2, 0) is 16.0 Å². The standard InChI is InChI=1S/C16H22BNO8S/c1-25-11-3-2-10(15(20)14(11)16(21)22)8-12(17(23)24)27-9-13(19)18-4-6-26-7-5-18/h2-3,12,20,23-24H,4-9H2,1H3,(H,21,22)/t12-/m0/s1. The van der Waals surface area contributed by atoms with E-state index in [2.05, 4.69) is 0 Å². The lowest BCUT2D eigenvalue weighted by atomic mass is 9.81. The molecule has 1 aromatic carbocycles. The third-order valence-electron chi connectivity index (χ3n) is 4.20. The van der Waals surface area contributed by atoms with Crippen molar-refractivity contribution in [3.05, 3.63) is 23.3 Å². The van der Waals surface area contributed by atoms with Crippen molar-refractivity contribution in [1.29, 1.82) is 0 Å². The van der Waals surface area contributed by atoms with Crippen molar-refractivity contribution < 1.29 is 39.3 Å². The van der Waals surface area contributed by atoms with E-state index in [1.54, 1.807) is 4.90 Å². The van der Waals surface area contributed by atoms with Crippen LogP contribution in [0.2, 0.25) is 0 Å². The molecule has 2 rings (SSSR count). The summed E-state index contributed by atoms with van der Waals surface area (Å²) in [6.45, 7) is 1.93. The van der Waals surface area contributed by atoms with Crippen molar-refractivity contribution in [2.45, 2.75) is 11.6 Å². The van der Waals surface area contributed by atoms with Gasteiger partial charge in [-0.25, -0.2) is 4.79 Å². The number of hydrogen-bond acceptors (Lipinski definition) is 8. The van der Waals surface area contributed by atoms with Gasteiger partial charge in [-0.3, -0.25) is 4.79 Å². The van der Waals surface area contributed by atoms with Gasteiger partial charge < -0.3 is 34.6 Å². The predicted octanol–water partition coefficient (Wildman–Crippen LogP) is -0.386. The molecule has 4 N–H and O–H groups in total. The summed E-state index contributed by atoms with van der Waals surface area (Å²) in [5, 5.41) is 38.0. The zero-order chi connectivity index (χ0) is 20.0. The molecule has 0 saturated carbocycles. The predicted molar refractivity (Wildman–Crippen MR) is 99.2 cm³/mol. The molecule has 0 aromatic heterocycles. The van der Waals surface area contributed by atoms with E-state index >= 15 is 0 Å². The molecule has 1 saturated heterocycles. The molecule has 1 aliphatic heterocycles. The van der Waals surface area contributed by atoms with Crippen LogP contribution in [0.5, 0.6) is 11.5 Å². The number of phenols is 1. The van der Waals surface area contributed by atoms with Crippen LogP contribution in [0.1, 0.15) is 15.9 Å². The number of carbonyl (C=O) groups is 2. The lowest BCUT2D eigenvalue weighted by Crippen LogP contribution is -2.42. The summed E-state index contributed by atoms with van der Waals surface area (Å²) in [7, 11) is -0.462. The summed E-state index contributed by atoms with van der Waals surface area (Å²) in [6, 6.07) is 2.85. The minimum absolute atomic E-state index is 0.00000444. The second kappa shape index (κ2) is 9.84. The third kappa shape index (κ3) is 5.52. The summed E-state index contributed by atoms with van der Waals surface area (Å²) in [4.78, 5) is 25.2. The molecule has 11 heteroatoms. The first kappa shape index (κ1) is 21.4. The number of carboxylic acids is 1. The van der Waals surface area contributed by atoms with E-state index in [1.807, 2.05) is 0 Å². The highest BCUT2D eigenvalue weighted by atomic mass is 32.2. The van der Waals surface area contributed by atoms with Crippen LogP contribution >= 0.6 is 11.8 Å². The first-order valence-electron chi connectivity index (χ1n) is 8.30. The molecule has 1 amide bonds. The molecule has 0 radical (unpaired) electrons. The number of amides is 1. The first-order chi connectivity index (χ1) is 12.8. The van der Waals surface area contributed by atoms with E-state index in [0.29, 0.717) is 26.3 Å². The first-order valence-corrected chi connectivity index (χ1v) is 9.35. The van der Waals surface area contributed by atoms with Crippen LogP contribution < -0.4 is 4.74 Å². The fourth-order valence-electron chi connectivity index (χ4n) is 2.71. The molecule has 0 unspecified atom stereocenters. The number of morpholine rings is 1. The number of methoxy groups -OCH3 is 1. The van der Waals surface area contributed by atoms with Gasteiger partial charge in [0.1, 0.15) is 17.1 Å². The molecule has 9 nitrogen and oxygen atoms in total. The van der Waals surface area contributed by atoms with E-state index in [1.165, 1.54) is 19.2 Å². The van der Waals surface area contributed by atoms with Crippen molar-refractivity contribution in [1.82, 2.24) is 4.90 Å². The van der Waals surface area contributed by atoms with Gasteiger partial charge in [-0.05, 0) is 18.1 Å².